The third kappa shape index (κ3) is 3.70. The molecule has 1 fully saturated rings. The highest BCUT2D eigenvalue weighted by molar-refractivity contribution is 5.96. The quantitative estimate of drug-likeness (QED) is 0.917. The van der Waals surface area contributed by atoms with Crippen molar-refractivity contribution >= 4 is 17.3 Å². The minimum absolute atomic E-state index is 0.0235. The molecule has 0 radical (unpaired) electrons. The largest absolute Gasteiger partial charge is 0.376 e. The van der Waals surface area contributed by atoms with E-state index in [9.17, 15) is 4.79 Å². The predicted molar refractivity (Wildman–Crippen MR) is 99.8 cm³/mol. The maximum absolute atomic E-state index is 12.5. The van der Waals surface area contributed by atoms with Crippen LogP contribution >= 0.6 is 0 Å². The summed E-state index contributed by atoms with van der Waals surface area (Å²) >= 11 is 0. The van der Waals surface area contributed by atoms with Crippen LogP contribution in [-0.4, -0.2) is 33.1 Å². The highest BCUT2D eigenvalue weighted by Gasteiger charge is 2.18. The SMILES string of the molecule is CN(C)c1ccc(C(=O)NCc2ccccc2)cc1N1CCCC1. The number of carbonyl (C=O) groups excluding carboxylic acids is 1. The van der Waals surface area contributed by atoms with Crippen molar-refractivity contribution in [1.29, 1.82) is 0 Å². The van der Waals surface area contributed by atoms with Crippen LogP contribution in [0, 0.1) is 0 Å². The fourth-order valence-corrected chi connectivity index (χ4v) is 3.13. The van der Waals surface area contributed by atoms with Gasteiger partial charge in [0.25, 0.3) is 5.91 Å². The van der Waals surface area contributed by atoms with Gasteiger partial charge >= 0.3 is 0 Å². The van der Waals surface area contributed by atoms with E-state index in [1.165, 1.54) is 12.8 Å². The molecule has 3 rings (SSSR count). The summed E-state index contributed by atoms with van der Waals surface area (Å²) in [7, 11) is 4.09. The average Bonchev–Trinajstić information content (AvgIpc) is 3.14. The summed E-state index contributed by atoms with van der Waals surface area (Å²) in [5, 5.41) is 3.01. The molecule has 1 N–H and O–H groups in total. The van der Waals surface area contributed by atoms with Gasteiger partial charge in [-0.15, -0.1) is 0 Å². The number of hydrogen-bond donors (Lipinski definition) is 1. The first-order valence-electron chi connectivity index (χ1n) is 8.53. The van der Waals surface area contributed by atoms with Crippen LogP contribution in [-0.2, 0) is 6.54 Å². The molecule has 4 heteroatoms. The summed E-state index contributed by atoms with van der Waals surface area (Å²) < 4.78 is 0. The number of benzene rings is 2. The highest BCUT2D eigenvalue weighted by atomic mass is 16.1. The van der Waals surface area contributed by atoms with Crippen LogP contribution < -0.4 is 15.1 Å². The highest BCUT2D eigenvalue weighted by Crippen LogP contribution is 2.31. The molecule has 2 aromatic rings. The molecule has 4 nitrogen and oxygen atoms in total. The number of rotatable bonds is 5. The van der Waals surface area contributed by atoms with Gasteiger partial charge < -0.3 is 15.1 Å². The second-order valence-corrected chi connectivity index (χ2v) is 6.46. The van der Waals surface area contributed by atoms with E-state index in [4.69, 9.17) is 0 Å². The zero-order chi connectivity index (χ0) is 16.9. The van der Waals surface area contributed by atoms with E-state index in [1.807, 2.05) is 62.6 Å². The Hall–Kier alpha value is -2.49. The number of hydrogen-bond acceptors (Lipinski definition) is 3. The molecule has 0 atom stereocenters. The zero-order valence-corrected chi connectivity index (χ0v) is 14.5. The summed E-state index contributed by atoms with van der Waals surface area (Å²) in [6, 6.07) is 16.0. The summed E-state index contributed by atoms with van der Waals surface area (Å²) in [6.07, 6.45) is 2.44. The van der Waals surface area contributed by atoms with Gasteiger partial charge in [-0.2, -0.15) is 0 Å². The van der Waals surface area contributed by atoms with E-state index in [0.717, 1.165) is 35.6 Å². The fraction of sp³-hybridized carbons (Fsp3) is 0.350. The van der Waals surface area contributed by atoms with Crippen molar-refractivity contribution in [3.8, 4) is 0 Å². The van der Waals surface area contributed by atoms with Gasteiger partial charge in [0, 0.05) is 39.3 Å². The van der Waals surface area contributed by atoms with Crippen molar-refractivity contribution in [2.24, 2.45) is 0 Å². The van der Waals surface area contributed by atoms with Crippen LogP contribution in [0.1, 0.15) is 28.8 Å². The van der Waals surface area contributed by atoms with Gasteiger partial charge in [-0.05, 0) is 36.6 Å². The summed E-state index contributed by atoms with van der Waals surface area (Å²) in [5.74, 6) is -0.0235. The molecule has 0 unspecified atom stereocenters. The van der Waals surface area contributed by atoms with Crippen LogP contribution in [0.4, 0.5) is 11.4 Å². The Kier molecular flexibility index (Phi) is 5.04. The molecule has 1 heterocycles. The lowest BCUT2D eigenvalue weighted by Gasteiger charge is -2.25. The average molecular weight is 323 g/mol. The number of amides is 1. The maximum atomic E-state index is 12.5. The van der Waals surface area contributed by atoms with Gasteiger partial charge in [0.05, 0.1) is 11.4 Å². The minimum Gasteiger partial charge on any atom is -0.376 e. The van der Waals surface area contributed by atoms with E-state index < -0.39 is 0 Å². The standard InChI is InChI=1S/C20H25N3O/c1-22(2)18-11-10-17(14-19(18)23-12-6-7-13-23)20(24)21-15-16-8-4-3-5-9-16/h3-5,8-11,14H,6-7,12-13,15H2,1-2H3,(H,21,24). The molecule has 1 aliphatic heterocycles. The maximum Gasteiger partial charge on any atom is 0.251 e. The Morgan fingerprint density at radius 2 is 1.79 bits per heavy atom. The van der Waals surface area contributed by atoms with E-state index in [-0.39, 0.29) is 5.91 Å². The third-order valence-corrected chi connectivity index (χ3v) is 4.46. The Balaban J connectivity index is 1.77. The lowest BCUT2D eigenvalue weighted by atomic mass is 10.1. The normalized spacial score (nSPS) is 13.8. The van der Waals surface area contributed by atoms with Gasteiger partial charge in [0.1, 0.15) is 0 Å². The minimum atomic E-state index is -0.0235. The van der Waals surface area contributed by atoms with Crippen LogP contribution in [0.5, 0.6) is 0 Å². The Bertz CT molecular complexity index is 691. The Morgan fingerprint density at radius 1 is 1.08 bits per heavy atom. The van der Waals surface area contributed by atoms with Crippen molar-refractivity contribution in [2.75, 3.05) is 37.0 Å². The fourth-order valence-electron chi connectivity index (χ4n) is 3.13. The summed E-state index contributed by atoms with van der Waals surface area (Å²) in [5.41, 5.74) is 4.15. The molecule has 1 amide bonds. The number of nitrogens with one attached hydrogen (secondary N) is 1. The second-order valence-electron chi connectivity index (χ2n) is 6.46. The second kappa shape index (κ2) is 7.39. The summed E-state index contributed by atoms with van der Waals surface area (Å²) in [6.45, 7) is 2.68. The smallest absolute Gasteiger partial charge is 0.251 e. The zero-order valence-electron chi connectivity index (χ0n) is 14.5. The number of carbonyl (C=O) groups is 1. The van der Waals surface area contributed by atoms with Crippen LogP contribution in [0.2, 0.25) is 0 Å². The molecule has 0 spiro atoms. The molecule has 0 saturated carbocycles. The predicted octanol–water partition coefficient (Wildman–Crippen LogP) is 3.28. The van der Waals surface area contributed by atoms with Crippen LogP contribution in [0.25, 0.3) is 0 Å². The molecule has 126 valence electrons. The summed E-state index contributed by atoms with van der Waals surface area (Å²) in [4.78, 5) is 17.0. The monoisotopic (exact) mass is 323 g/mol. The van der Waals surface area contributed by atoms with Crippen molar-refractivity contribution < 1.29 is 4.79 Å². The van der Waals surface area contributed by atoms with Crippen molar-refractivity contribution in [1.82, 2.24) is 5.32 Å². The van der Waals surface area contributed by atoms with Crippen molar-refractivity contribution in [3.63, 3.8) is 0 Å². The van der Waals surface area contributed by atoms with Crippen molar-refractivity contribution in [2.45, 2.75) is 19.4 Å². The first-order valence-corrected chi connectivity index (χ1v) is 8.53. The number of anilines is 2. The topological polar surface area (TPSA) is 35.6 Å². The first kappa shape index (κ1) is 16.4. The van der Waals surface area contributed by atoms with Crippen molar-refractivity contribution in [3.05, 3.63) is 59.7 Å². The van der Waals surface area contributed by atoms with E-state index in [1.54, 1.807) is 0 Å². The number of nitrogens with zero attached hydrogens (tertiary/aromatic N) is 2. The lowest BCUT2D eigenvalue weighted by Crippen LogP contribution is -2.25. The van der Waals surface area contributed by atoms with Gasteiger partial charge in [-0.25, -0.2) is 0 Å². The first-order chi connectivity index (χ1) is 11.6. The molecule has 2 aromatic carbocycles. The molecule has 24 heavy (non-hydrogen) atoms. The van der Waals surface area contributed by atoms with Gasteiger partial charge in [-0.1, -0.05) is 30.3 Å². The molecule has 0 aromatic heterocycles. The van der Waals surface area contributed by atoms with Gasteiger partial charge in [0.15, 0.2) is 0 Å². The molecule has 1 saturated heterocycles. The molecular formula is C20H25N3O. The van der Waals surface area contributed by atoms with E-state index in [2.05, 4.69) is 15.1 Å². The molecular weight excluding hydrogens is 298 g/mol. The van der Waals surface area contributed by atoms with Crippen LogP contribution in [0.15, 0.2) is 48.5 Å². The lowest BCUT2D eigenvalue weighted by molar-refractivity contribution is 0.0951. The van der Waals surface area contributed by atoms with E-state index >= 15 is 0 Å². The van der Waals surface area contributed by atoms with Gasteiger partial charge in [0.2, 0.25) is 0 Å². The van der Waals surface area contributed by atoms with Gasteiger partial charge in [-0.3, -0.25) is 4.79 Å². The molecule has 0 bridgehead atoms. The van der Waals surface area contributed by atoms with E-state index in [0.29, 0.717) is 6.54 Å². The Morgan fingerprint density at radius 3 is 2.46 bits per heavy atom. The third-order valence-electron chi connectivity index (χ3n) is 4.46. The molecule has 0 aliphatic carbocycles. The Labute approximate surface area is 144 Å². The molecule has 1 aliphatic rings. The van der Waals surface area contributed by atoms with Crippen LogP contribution in [0.3, 0.4) is 0 Å².